The topological polar surface area (TPSA) is 49.3 Å². The lowest BCUT2D eigenvalue weighted by Crippen LogP contribution is -2.56. The third-order valence-electron chi connectivity index (χ3n) is 6.13. The number of carbonyl (C=O) groups is 1. The summed E-state index contributed by atoms with van der Waals surface area (Å²) in [5.74, 6) is 1.35. The molecular weight excluding hydrogens is 354 g/mol. The molecule has 4 fully saturated rings. The molecule has 4 aliphatic rings. The van der Waals surface area contributed by atoms with Crippen molar-refractivity contribution in [3.63, 3.8) is 0 Å². The summed E-state index contributed by atoms with van der Waals surface area (Å²) in [5.41, 5.74) is 1.53. The number of nitrogens with one attached hydrogen (secondary N) is 1. The molecule has 3 nitrogen and oxygen atoms in total. The molecule has 1 amide bonds. The van der Waals surface area contributed by atoms with Gasteiger partial charge in [0.2, 0.25) is 5.91 Å². The van der Waals surface area contributed by atoms with Crippen LogP contribution in [-0.2, 0) is 4.79 Å². The molecule has 0 heterocycles. The van der Waals surface area contributed by atoms with Gasteiger partial charge in [-0.05, 0) is 86.5 Å². The zero-order valence-electron chi connectivity index (χ0n) is 13.6. The largest absolute Gasteiger partial charge is 0.390 e. The maximum atomic E-state index is 12.6. The van der Waals surface area contributed by atoms with E-state index in [0.717, 1.165) is 47.8 Å². The molecule has 4 saturated carbocycles. The van der Waals surface area contributed by atoms with Crippen molar-refractivity contribution in [3.8, 4) is 0 Å². The normalized spacial score (nSPS) is 37.9. The summed E-state index contributed by atoms with van der Waals surface area (Å²) in [4.78, 5) is 12.6. The number of benzene rings is 1. The van der Waals surface area contributed by atoms with E-state index in [9.17, 15) is 9.90 Å². The van der Waals surface area contributed by atoms with Crippen molar-refractivity contribution in [2.45, 2.75) is 57.5 Å². The smallest absolute Gasteiger partial charge is 0.224 e. The summed E-state index contributed by atoms with van der Waals surface area (Å²) >= 11 is 3.49. The predicted molar refractivity (Wildman–Crippen MR) is 94.2 cm³/mol. The Morgan fingerprint density at radius 3 is 2.61 bits per heavy atom. The van der Waals surface area contributed by atoms with E-state index in [-0.39, 0.29) is 11.3 Å². The lowest BCUT2D eigenvalue weighted by atomic mass is 9.47. The van der Waals surface area contributed by atoms with Crippen molar-refractivity contribution in [1.29, 1.82) is 0 Å². The van der Waals surface area contributed by atoms with E-state index in [1.54, 1.807) is 0 Å². The van der Waals surface area contributed by atoms with E-state index in [1.807, 2.05) is 25.1 Å². The van der Waals surface area contributed by atoms with Gasteiger partial charge in [0, 0.05) is 16.6 Å². The maximum absolute atomic E-state index is 12.6. The number of hydrogen-bond donors (Lipinski definition) is 2. The average molecular weight is 378 g/mol. The van der Waals surface area contributed by atoms with Gasteiger partial charge in [0.25, 0.3) is 0 Å². The third kappa shape index (κ3) is 2.96. The van der Waals surface area contributed by atoms with Crippen LogP contribution in [0.2, 0.25) is 0 Å². The van der Waals surface area contributed by atoms with E-state index < -0.39 is 5.60 Å². The second-order valence-corrected chi connectivity index (χ2v) is 9.23. The van der Waals surface area contributed by atoms with Crippen LogP contribution in [0.25, 0.3) is 0 Å². The van der Waals surface area contributed by atoms with Crippen LogP contribution in [0.15, 0.2) is 22.7 Å². The first-order valence-electron chi connectivity index (χ1n) is 8.63. The van der Waals surface area contributed by atoms with Crippen molar-refractivity contribution in [1.82, 2.24) is 0 Å². The van der Waals surface area contributed by atoms with Crippen LogP contribution >= 0.6 is 15.9 Å². The standard InChI is InChI=1S/C19H24BrNO2/c1-12-4-15(2-3-16(12)20)21-17(22)10-18-6-13-5-14(7-18)9-19(23,8-13)11-18/h2-4,13-14,23H,5-11H2,1H3,(H,21,22). The number of amides is 1. The Morgan fingerprint density at radius 2 is 2.00 bits per heavy atom. The molecular formula is C19H24BrNO2. The van der Waals surface area contributed by atoms with E-state index in [2.05, 4.69) is 21.2 Å². The Hall–Kier alpha value is -0.870. The van der Waals surface area contributed by atoms with Gasteiger partial charge in [-0.3, -0.25) is 4.79 Å². The minimum atomic E-state index is -0.488. The van der Waals surface area contributed by atoms with Gasteiger partial charge >= 0.3 is 0 Å². The van der Waals surface area contributed by atoms with Gasteiger partial charge in [0.15, 0.2) is 0 Å². The molecule has 124 valence electrons. The first-order chi connectivity index (χ1) is 10.8. The summed E-state index contributed by atoms with van der Waals surface area (Å²) < 4.78 is 1.05. The molecule has 5 rings (SSSR count). The second-order valence-electron chi connectivity index (χ2n) is 8.37. The van der Waals surface area contributed by atoms with Gasteiger partial charge in [0.1, 0.15) is 0 Å². The summed E-state index contributed by atoms with van der Waals surface area (Å²) in [6.45, 7) is 2.02. The number of hydrogen-bond acceptors (Lipinski definition) is 2. The maximum Gasteiger partial charge on any atom is 0.224 e. The molecule has 1 aromatic carbocycles. The van der Waals surface area contributed by atoms with Crippen molar-refractivity contribution >= 4 is 27.5 Å². The van der Waals surface area contributed by atoms with Gasteiger partial charge < -0.3 is 10.4 Å². The lowest BCUT2D eigenvalue weighted by Gasteiger charge is -2.60. The quantitative estimate of drug-likeness (QED) is 0.818. The number of rotatable bonds is 3. The molecule has 2 unspecified atom stereocenters. The highest BCUT2D eigenvalue weighted by Crippen LogP contribution is 2.62. The highest BCUT2D eigenvalue weighted by atomic mass is 79.9. The molecule has 0 aromatic heterocycles. The third-order valence-corrected chi connectivity index (χ3v) is 7.02. The molecule has 23 heavy (non-hydrogen) atoms. The highest BCUT2D eigenvalue weighted by Gasteiger charge is 2.57. The number of anilines is 1. The molecule has 0 aliphatic heterocycles. The second kappa shape index (κ2) is 5.32. The summed E-state index contributed by atoms with van der Waals surface area (Å²) in [6.07, 6.45) is 6.80. The SMILES string of the molecule is Cc1cc(NC(=O)CC23CC4CC(CC(O)(C4)C2)C3)ccc1Br. The molecule has 0 spiro atoms. The van der Waals surface area contributed by atoms with E-state index in [4.69, 9.17) is 0 Å². The summed E-state index contributed by atoms with van der Waals surface area (Å²) in [5, 5.41) is 13.9. The van der Waals surface area contributed by atoms with Gasteiger partial charge in [-0.1, -0.05) is 15.9 Å². The van der Waals surface area contributed by atoms with Crippen LogP contribution in [0.1, 0.15) is 50.5 Å². The Labute approximate surface area is 146 Å². The van der Waals surface area contributed by atoms with Crippen molar-refractivity contribution < 1.29 is 9.90 Å². The Morgan fingerprint density at radius 1 is 1.30 bits per heavy atom. The monoisotopic (exact) mass is 377 g/mol. The first kappa shape index (κ1) is 15.6. The zero-order valence-corrected chi connectivity index (χ0v) is 15.2. The fourth-order valence-electron chi connectivity index (χ4n) is 5.88. The van der Waals surface area contributed by atoms with Crippen LogP contribution < -0.4 is 5.32 Å². The summed E-state index contributed by atoms with van der Waals surface area (Å²) in [7, 11) is 0. The lowest BCUT2D eigenvalue weighted by molar-refractivity contribution is -0.167. The van der Waals surface area contributed by atoms with Crippen LogP contribution in [0.4, 0.5) is 5.69 Å². The molecule has 4 heteroatoms. The van der Waals surface area contributed by atoms with Crippen molar-refractivity contribution in [2.75, 3.05) is 5.32 Å². The molecule has 4 bridgehead atoms. The van der Waals surface area contributed by atoms with E-state index in [1.165, 1.54) is 6.42 Å². The zero-order chi connectivity index (χ0) is 16.2. The van der Waals surface area contributed by atoms with E-state index in [0.29, 0.717) is 18.3 Å². The first-order valence-corrected chi connectivity index (χ1v) is 9.43. The Bertz CT molecular complexity index is 643. The molecule has 2 atom stereocenters. The molecule has 1 aromatic rings. The molecule has 0 saturated heterocycles. The average Bonchev–Trinajstić information content (AvgIpc) is 2.39. The van der Waals surface area contributed by atoms with Gasteiger partial charge in [-0.25, -0.2) is 0 Å². The van der Waals surface area contributed by atoms with Gasteiger partial charge in [-0.2, -0.15) is 0 Å². The minimum absolute atomic E-state index is 0.0350. The van der Waals surface area contributed by atoms with Crippen molar-refractivity contribution in [2.24, 2.45) is 17.3 Å². The van der Waals surface area contributed by atoms with Crippen LogP contribution in [-0.4, -0.2) is 16.6 Å². The van der Waals surface area contributed by atoms with Gasteiger partial charge in [0.05, 0.1) is 5.60 Å². The minimum Gasteiger partial charge on any atom is -0.390 e. The number of aryl methyl sites for hydroxylation is 1. The fraction of sp³-hybridized carbons (Fsp3) is 0.632. The summed E-state index contributed by atoms with van der Waals surface area (Å²) in [6, 6.07) is 5.90. The van der Waals surface area contributed by atoms with E-state index >= 15 is 0 Å². The van der Waals surface area contributed by atoms with Gasteiger partial charge in [-0.15, -0.1) is 0 Å². The predicted octanol–water partition coefficient (Wildman–Crippen LogP) is 4.42. The van der Waals surface area contributed by atoms with Crippen LogP contribution in [0.5, 0.6) is 0 Å². The molecule has 0 radical (unpaired) electrons. The number of carbonyl (C=O) groups excluding carboxylic acids is 1. The fourth-order valence-corrected chi connectivity index (χ4v) is 6.12. The van der Waals surface area contributed by atoms with Crippen LogP contribution in [0, 0.1) is 24.2 Å². The molecule has 2 N–H and O–H groups in total. The molecule has 4 aliphatic carbocycles. The Kier molecular flexibility index (Phi) is 3.62. The number of aliphatic hydroxyl groups is 1. The van der Waals surface area contributed by atoms with Crippen LogP contribution in [0.3, 0.4) is 0 Å². The van der Waals surface area contributed by atoms with Crippen molar-refractivity contribution in [3.05, 3.63) is 28.2 Å². The Balaban J connectivity index is 1.47. The highest BCUT2D eigenvalue weighted by molar-refractivity contribution is 9.10. The number of halogens is 1.